The van der Waals surface area contributed by atoms with E-state index >= 15 is 0 Å². The summed E-state index contributed by atoms with van der Waals surface area (Å²) in [5.74, 6) is -2.98. The first-order valence-corrected chi connectivity index (χ1v) is 8.13. The topological polar surface area (TPSA) is 149 Å². The van der Waals surface area contributed by atoms with Crippen LogP contribution in [0.5, 0.6) is 0 Å². The Morgan fingerprint density at radius 1 is 1.26 bits per heavy atom. The molecule has 4 atom stereocenters. The number of rotatable bonds is 5. The number of hydrogen-bond acceptors (Lipinski definition) is 10. The van der Waals surface area contributed by atoms with E-state index in [0.29, 0.717) is 0 Å². The second kappa shape index (κ2) is 8.48. The van der Waals surface area contributed by atoms with Gasteiger partial charge in [-0.05, 0) is 15.9 Å². The summed E-state index contributed by atoms with van der Waals surface area (Å²) in [6.07, 6.45) is -4.15. The second-order valence-corrected chi connectivity index (χ2v) is 6.18. The van der Waals surface area contributed by atoms with Crippen molar-refractivity contribution in [1.82, 2.24) is 9.55 Å². The lowest BCUT2D eigenvalue weighted by Crippen LogP contribution is -2.42. The lowest BCUT2D eigenvalue weighted by molar-refractivity contribution is -0.166. The maximum Gasteiger partial charge on any atom is 0.351 e. The van der Waals surface area contributed by atoms with Gasteiger partial charge in [-0.2, -0.15) is 4.98 Å². The van der Waals surface area contributed by atoms with Crippen molar-refractivity contribution >= 4 is 39.7 Å². The molecule has 0 amide bonds. The summed E-state index contributed by atoms with van der Waals surface area (Å²) < 4.78 is 43.3. The number of esters is 3. The Bertz CT molecular complexity index is 870. The van der Waals surface area contributed by atoms with E-state index in [1.807, 2.05) is 0 Å². The van der Waals surface area contributed by atoms with E-state index in [0.717, 1.165) is 4.57 Å². The molecule has 1 aromatic heterocycles. The average Bonchev–Trinajstić information content (AvgIpc) is 3.05. The number of anilines is 1. The predicted octanol–water partition coefficient (Wildman–Crippen LogP) is -0.0881. The summed E-state index contributed by atoms with van der Waals surface area (Å²) in [5, 5.41) is 0. The minimum absolute atomic E-state index is 0.105. The van der Waals surface area contributed by atoms with Gasteiger partial charge in [0.1, 0.15) is 18.5 Å². The van der Waals surface area contributed by atoms with Crippen LogP contribution in [0.2, 0.25) is 0 Å². The number of aromatic nitrogens is 2. The number of hydrogen-bond donors (Lipinski definition) is 1. The van der Waals surface area contributed by atoms with Crippen molar-refractivity contribution in [3.8, 4) is 0 Å². The number of nitrogens with two attached hydrogens (primary N) is 1. The van der Waals surface area contributed by atoms with Crippen LogP contribution in [-0.2, 0) is 33.3 Å². The molecule has 1 fully saturated rings. The van der Waals surface area contributed by atoms with Gasteiger partial charge in [0.2, 0.25) is 0 Å². The number of halogens is 1. The number of carbonyl (C=O) groups is 3. The molecule has 0 bridgehead atoms. The molecule has 0 aromatic carbocycles. The minimum Gasteiger partial charge on any atom is -0.463 e. The van der Waals surface area contributed by atoms with Crippen molar-refractivity contribution in [3.05, 3.63) is 21.2 Å². The van der Waals surface area contributed by atoms with Crippen molar-refractivity contribution in [2.24, 2.45) is 0 Å². The van der Waals surface area contributed by atoms with Crippen LogP contribution in [0.15, 0.2) is 15.5 Å². The fraction of sp³-hybridized carbons (Fsp3) is 0.533. The molecule has 0 aliphatic carbocycles. The van der Waals surface area contributed by atoms with Crippen LogP contribution in [0.25, 0.3) is 0 Å². The maximum absolute atomic E-state index is 12.3. The first-order valence-electron chi connectivity index (χ1n) is 9.45. The standard InChI is InChI=1S/C15H18BrN3O8/c1-6(20)24-5-10-11(25-7(2)21)12(26-8(3)22)14(27-10)19-4-9(16)13(17)18-15(19)23/h4,10-12,14H,5H2,1-3H3,(H2,17,18,23)/t10-,11+,12-,14?/m1/s1/i1D,2D,3D. The highest BCUT2D eigenvalue weighted by Gasteiger charge is 2.51. The normalized spacial score (nSPS) is 25.7. The van der Waals surface area contributed by atoms with Crippen LogP contribution < -0.4 is 11.4 Å². The third kappa shape index (κ3) is 5.04. The van der Waals surface area contributed by atoms with Gasteiger partial charge in [-0.25, -0.2) is 4.79 Å². The highest BCUT2D eigenvalue weighted by atomic mass is 79.9. The zero-order valence-electron chi connectivity index (χ0n) is 16.8. The maximum atomic E-state index is 12.3. The number of nitrogens with zero attached hydrogens (tertiary/aromatic N) is 2. The van der Waals surface area contributed by atoms with E-state index in [9.17, 15) is 19.2 Å². The van der Waals surface area contributed by atoms with Crippen molar-refractivity contribution in [1.29, 1.82) is 0 Å². The Morgan fingerprint density at radius 2 is 1.89 bits per heavy atom. The molecule has 2 rings (SSSR count). The SMILES string of the molecule is [2H]CC(=O)OC[C@H]1OC(n2cc(Br)c(N)nc2=O)[C@H](OC(=O)C[2H])[C@H]1OC(=O)C[2H]. The van der Waals surface area contributed by atoms with Gasteiger partial charge in [0.25, 0.3) is 0 Å². The molecule has 1 saturated heterocycles. The van der Waals surface area contributed by atoms with Crippen molar-refractivity contribution in [2.75, 3.05) is 12.3 Å². The van der Waals surface area contributed by atoms with Crippen LogP contribution in [0.4, 0.5) is 5.82 Å². The molecule has 1 aliphatic heterocycles. The molecule has 12 heteroatoms. The fourth-order valence-electron chi connectivity index (χ4n) is 2.45. The van der Waals surface area contributed by atoms with Gasteiger partial charge in [0.05, 0.1) is 4.47 Å². The van der Waals surface area contributed by atoms with Crippen LogP contribution >= 0.6 is 15.9 Å². The van der Waals surface area contributed by atoms with Crippen LogP contribution in [0.1, 0.15) is 31.0 Å². The molecule has 1 unspecified atom stereocenters. The van der Waals surface area contributed by atoms with E-state index in [-0.39, 0.29) is 10.3 Å². The third-order valence-corrected chi connectivity index (χ3v) is 4.05. The van der Waals surface area contributed by atoms with E-state index in [2.05, 4.69) is 20.9 Å². The minimum atomic E-state index is -1.42. The fourth-order valence-corrected chi connectivity index (χ4v) is 2.76. The Hall–Kier alpha value is -2.47. The monoisotopic (exact) mass is 450 g/mol. The molecule has 0 saturated carbocycles. The molecule has 11 nitrogen and oxygen atoms in total. The average molecular weight is 451 g/mol. The number of nitrogen functional groups attached to an aromatic ring is 1. The zero-order chi connectivity index (χ0) is 22.4. The van der Waals surface area contributed by atoms with E-state index in [1.54, 1.807) is 0 Å². The molecular formula is C15H18BrN3O8. The largest absolute Gasteiger partial charge is 0.463 e. The molecular weight excluding hydrogens is 430 g/mol. The highest BCUT2D eigenvalue weighted by Crippen LogP contribution is 2.34. The molecule has 27 heavy (non-hydrogen) atoms. The summed E-state index contributed by atoms with van der Waals surface area (Å²) >= 11 is 3.11. The summed E-state index contributed by atoms with van der Waals surface area (Å²) in [7, 11) is 0. The van der Waals surface area contributed by atoms with Crippen LogP contribution in [0, 0.1) is 0 Å². The van der Waals surface area contributed by atoms with Gasteiger partial charge in [0, 0.05) is 31.0 Å². The van der Waals surface area contributed by atoms with Gasteiger partial charge >= 0.3 is 23.6 Å². The van der Waals surface area contributed by atoms with Crippen LogP contribution in [0.3, 0.4) is 0 Å². The van der Waals surface area contributed by atoms with Gasteiger partial charge in [-0.1, -0.05) is 0 Å². The number of ether oxygens (including phenoxy) is 4. The Labute approximate surface area is 166 Å². The van der Waals surface area contributed by atoms with E-state index < -0.39 is 75.4 Å². The quantitative estimate of drug-likeness (QED) is 0.476. The highest BCUT2D eigenvalue weighted by molar-refractivity contribution is 9.10. The molecule has 1 aromatic rings. The Balaban J connectivity index is 2.45. The van der Waals surface area contributed by atoms with Crippen molar-refractivity contribution < 1.29 is 37.4 Å². The molecule has 2 N–H and O–H groups in total. The van der Waals surface area contributed by atoms with Crippen LogP contribution in [-0.4, -0.2) is 52.4 Å². The summed E-state index contributed by atoms with van der Waals surface area (Å²) in [4.78, 5) is 50.8. The number of carbonyl (C=O) groups excluding carboxylic acids is 3. The summed E-state index contributed by atoms with van der Waals surface area (Å²) in [6.45, 7) is -2.68. The lowest BCUT2D eigenvalue weighted by Gasteiger charge is -2.24. The summed E-state index contributed by atoms with van der Waals surface area (Å²) in [6, 6.07) is 0. The van der Waals surface area contributed by atoms with E-state index in [4.69, 9.17) is 28.8 Å². The third-order valence-electron chi connectivity index (χ3n) is 3.44. The Kier molecular flexibility index (Phi) is 5.24. The van der Waals surface area contributed by atoms with Gasteiger partial charge in [-0.3, -0.25) is 19.0 Å². The smallest absolute Gasteiger partial charge is 0.351 e. The van der Waals surface area contributed by atoms with Crippen molar-refractivity contribution in [3.63, 3.8) is 0 Å². The first-order chi connectivity index (χ1) is 14.2. The predicted molar refractivity (Wildman–Crippen MR) is 92.3 cm³/mol. The molecule has 1 aliphatic rings. The second-order valence-electron chi connectivity index (χ2n) is 5.32. The summed E-state index contributed by atoms with van der Waals surface area (Å²) in [5.41, 5.74) is 4.70. The Morgan fingerprint density at radius 3 is 2.52 bits per heavy atom. The molecule has 0 radical (unpaired) electrons. The lowest BCUT2D eigenvalue weighted by atomic mass is 10.1. The molecule has 2 heterocycles. The molecule has 148 valence electrons. The van der Waals surface area contributed by atoms with Gasteiger partial charge in [-0.15, -0.1) is 0 Å². The zero-order valence-corrected chi connectivity index (χ0v) is 15.4. The van der Waals surface area contributed by atoms with Gasteiger partial charge < -0.3 is 24.7 Å². The molecule has 0 spiro atoms. The van der Waals surface area contributed by atoms with Gasteiger partial charge in [0.15, 0.2) is 18.4 Å². The van der Waals surface area contributed by atoms with E-state index in [1.165, 1.54) is 6.20 Å². The van der Waals surface area contributed by atoms with Crippen molar-refractivity contribution in [2.45, 2.75) is 45.2 Å². The first kappa shape index (κ1) is 16.7.